The van der Waals surface area contributed by atoms with Gasteiger partial charge in [-0.3, -0.25) is 0 Å². The van der Waals surface area contributed by atoms with Crippen molar-refractivity contribution in [3.8, 4) is 5.75 Å². The Morgan fingerprint density at radius 1 is 1.10 bits per heavy atom. The summed E-state index contributed by atoms with van der Waals surface area (Å²) in [6, 6.07) is 11.9. The zero-order chi connectivity index (χ0) is 14.8. The first kappa shape index (κ1) is 14.7. The van der Waals surface area contributed by atoms with E-state index in [2.05, 4.69) is 12.1 Å². The van der Waals surface area contributed by atoms with Crippen LogP contribution in [-0.2, 0) is 19.4 Å². The number of nitrogens with two attached hydrogens (primary N) is 1. The number of aryl methyl sites for hydroxylation is 1. The lowest BCUT2D eigenvalue weighted by Gasteiger charge is -2.22. The van der Waals surface area contributed by atoms with E-state index in [1.54, 1.807) is 0 Å². The van der Waals surface area contributed by atoms with Crippen molar-refractivity contribution in [2.75, 3.05) is 0 Å². The normalized spacial score (nSPS) is 17.4. The average Bonchev–Trinajstić information content (AvgIpc) is 2.46. The maximum atomic E-state index is 6.15. The second kappa shape index (κ2) is 6.27. The molecule has 21 heavy (non-hydrogen) atoms. The van der Waals surface area contributed by atoms with E-state index in [1.165, 1.54) is 11.1 Å². The lowest BCUT2D eigenvalue weighted by molar-refractivity contribution is 0.305. The minimum Gasteiger partial charge on any atom is -0.489 e. The first-order valence-corrected chi connectivity index (χ1v) is 7.82. The Kier molecular flexibility index (Phi) is 4.39. The molecular formula is C17H17Cl2NO. The molecule has 2 aromatic rings. The van der Waals surface area contributed by atoms with Crippen LogP contribution in [-0.4, -0.2) is 6.04 Å². The molecule has 0 saturated carbocycles. The average molecular weight is 322 g/mol. The summed E-state index contributed by atoms with van der Waals surface area (Å²) in [6.45, 7) is 0.364. The van der Waals surface area contributed by atoms with Crippen molar-refractivity contribution in [2.24, 2.45) is 5.73 Å². The zero-order valence-electron chi connectivity index (χ0n) is 11.6. The highest BCUT2D eigenvalue weighted by Crippen LogP contribution is 2.28. The quantitative estimate of drug-likeness (QED) is 0.910. The molecule has 1 aliphatic carbocycles. The third-order valence-electron chi connectivity index (χ3n) is 3.89. The SMILES string of the molecule is NC1CCc2ccc(OCc3c(Cl)cccc3Cl)cc2C1. The third kappa shape index (κ3) is 3.34. The number of benzene rings is 2. The van der Waals surface area contributed by atoms with Gasteiger partial charge >= 0.3 is 0 Å². The zero-order valence-corrected chi connectivity index (χ0v) is 13.1. The van der Waals surface area contributed by atoms with Gasteiger partial charge in [0.1, 0.15) is 12.4 Å². The predicted molar refractivity (Wildman–Crippen MR) is 87.2 cm³/mol. The van der Waals surface area contributed by atoms with Gasteiger partial charge in [-0.2, -0.15) is 0 Å². The highest BCUT2D eigenvalue weighted by molar-refractivity contribution is 6.35. The molecule has 110 valence electrons. The monoisotopic (exact) mass is 321 g/mol. The van der Waals surface area contributed by atoms with Crippen LogP contribution in [0.3, 0.4) is 0 Å². The molecule has 2 N–H and O–H groups in total. The molecule has 1 atom stereocenters. The molecule has 0 aromatic heterocycles. The molecule has 2 nitrogen and oxygen atoms in total. The number of fused-ring (bicyclic) bond motifs is 1. The second-order valence-corrected chi connectivity index (χ2v) is 6.24. The minimum atomic E-state index is 0.255. The van der Waals surface area contributed by atoms with E-state index in [1.807, 2.05) is 24.3 Å². The summed E-state index contributed by atoms with van der Waals surface area (Å²) in [4.78, 5) is 0. The van der Waals surface area contributed by atoms with E-state index in [9.17, 15) is 0 Å². The Morgan fingerprint density at radius 3 is 2.62 bits per heavy atom. The molecule has 0 fully saturated rings. The molecule has 0 amide bonds. The fourth-order valence-corrected chi connectivity index (χ4v) is 3.18. The molecule has 0 saturated heterocycles. The van der Waals surface area contributed by atoms with Crippen molar-refractivity contribution in [3.05, 3.63) is 63.1 Å². The number of rotatable bonds is 3. The van der Waals surface area contributed by atoms with E-state index in [-0.39, 0.29) is 6.04 Å². The maximum Gasteiger partial charge on any atom is 0.120 e. The van der Waals surface area contributed by atoms with Crippen LogP contribution < -0.4 is 10.5 Å². The Balaban J connectivity index is 1.75. The highest BCUT2D eigenvalue weighted by Gasteiger charge is 2.16. The number of ether oxygens (including phenoxy) is 1. The second-order valence-electron chi connectivity index (χ2n) is 5.42. The smallest absolute Gasteiger partial charge is 0.120 e. The Hall–Kier alpha value is -1.22. The van der Waals surface area contributed by atoms with Crippen molar-refractivity contribution in [3.63, 3.8) is 0 Å². The van der Waals surface area contributed by atoms with E-state index in [4.69, 9.17) is 33.7 Å². The first-order valence-electron chi connectivity index (χ1n) is 7.06. The summed E-state index contributed by atoms with van der Waals surface area (Å²) in [5.74, 6) is 0.832. The fourth-order valence-electron chi connectivity index (χ4n) is 2.68. The van der Waals surface area contributed by atoms with Crippen LogP contribution >= 0.6 is 23.2 Å². The van der Waals surface area contributed by atoms with Crippen LogP contribution in [0.25, 0.3) is 0 Å². The number of hydrogen-bond acceptors (Lipinski definition) is 2. The third-order valence-corrected chi connectivity index (χ3v) is 4.60. The van der Waals surface area contributed by atoms with Crippen LogP contribution in [0.15, 0.2) is 36.4 Å². The number of halogens is 2. The number of hydrogen-bond donors (Lipinski definition) is 1. The lowest BCUT2D eigenvalue weighted by Crippen LogP contribution is -2.27. The predicted octanol–water partition coefficient (Wildman–Crippen LogP) is 4.39. The topological polar surface area (TPSA) is 35.2 Å². The van der Waals surface area contributed by atoms with Gasteiger partial charge in [0.05, 0.1) is 0 Å². The van der Waals surface area contributed by atoms with Gasteiger partial charge in [0, 0.05) is 21.7 Å². The van der Waals surface area contributed by atoms with E-state index in [0.717, 1.165) is 30.6 Å². The van der Waals surface area contributed by atoms with Gasteiger partial charge in [0.25, 0.3) is 0 Å². The van der Waals surface area contributed by atoms with Gasteiger partial charge in [0.15, 0.2) is 0 Å². The fraction of sp³-hybridized carbons (Fsp3) is 0.294. The van der Waals surface area contributed by atoms with Crippen LogP contribution in [0.4, 0.5) is 0 Å². The van der Waals surface area contributed by atoms with Crippen LogP contribution in [0.1, 0.15) is 23.1 Å². The van der Waals surface area contributed by atoms with Gasteiger partial charge in [0.2, 0.25) is 0 Å². The molecule has 0 aliphatic heterocycles. The molecule has 1 unspecified atom stereocenters. The van der Waals surface area contributed by atoms with E-state index in [0.29, 0.717) is 16.7 Å². The van der Waals surface area contributed by atoms with Crippen LogP contribution in [0, 0.1) is 0 Å². The standard InChI is InChI=1S/C17H17Cl2NO/c18-16-2-1-3-17(19)15(16)10-21-14-7-5-11-4-6-13(20)8-12(11)9-14/h1-3,5,7,9,13H,4,6,8,10,20H2. The van der Waals surface area contributed by atoms with Crippen molar-refractivity contribution < 1.29 is 4.74 Å². The molecular weight excluding hydrogens is 305 g/mol. The Labute approximate surface area is 134 Å². The van der Waals surface area contributed by atoms with Crippen molar-refractivity contribution in [1.82, 2.24) is 0 Å². The summed E-state index contributed by atoms with van der Waals surface area (Å²) < 4.78 is 5.85. The molecule has 0 heterocycles. The van der Waals surface area contributed by atoms with Gasteiger partial charge in [-0.05, 0) is 54.7 Å². The van der Waals surface area contributed by atoms with Crippen molar-refractivity contribution in [1.29, 1.82) is 0 Å². The van der Waals surface area contributed by atoms with E-state index >= 15 is 0 Å². The van der Waals surface area contributed by atoms with Crippen molar-refractivity contribution in [2.45, 2.75) is 31.9 Å². The van der Waals surface area contributed by atoms with Gasteiger partial charge in [-0.15, -0.1) is 0 Å². The molecule has 3 rings (SSSR count). The Morgan fingerprint density at radius 2 is 1.86 bits per heavy atom. The highest BCUT2D eigenvalue weighted by atomic mass is 35.5. The minimum absolute atomic E-state index is 0.255. The lowest BCUT2D eigenvalue weighted by atomic mass is 9.89. The largest absolute Gasteiger partial charge is 0.489 e. The van der Waals surface area contributed by atoms with Gasteiger partial charge in [-0.1, -0.05) is 35.3 Å². The summed E-state index contributed by atoms with van der Waals surface area (Å²) in [6.07, 6.45) is 3.02. The molecule has 4 heteroatoms. The molecule has 0 bridgehead atoms. The Bertz CT molecular complexity index is 637. The van der Waals surface area contributed by atoms with Crippen LogP contribution in [0.5, 0.6) is 5.75 Å². The van der Waals surface area contributed by atoms with Crippen LogP contribution in [0.2, 0.25) is 10.0 Å². The first-order chi connectivity index (χ1) is 10.1. The summed E-state index contributed by atoms with van der Waals surface area (Å²) >= 11 is 12.3. The van der Waals surface area contributed by atoms with Gasteiger partial charge in [-0.25, -0.2) is 0 Å². The summed E-state index contributed by atoms with van der Waals surface area (Å²) in [5.41, 5.74) is 9.51. The molecule has 0 radical (unpaired) electrons. The summed E-state index contributed by atoms with van der Waals surface area (Å²) in [7, 11) is 0. The molecule has 0 spiro atoms. The maximum absolute atomic E-state index is 6.15. The van der Waals surface area contributed by atoms with Gasteiger partial charge < -0.3 is 10.5 Å². The van der Waals surface area contributed by atoms with Crippen molar-refractivity contribution >= 4 is 23.2 Å². The summed E-state index contributed by atoms with van der Waals surface area (Å²) in [5, 5.41) is 1.25. The van der Waals surface area contributed by atoms with E-state index < -0.39 is 0 Å². The molecule has 2 aromatic carbocycles. The molecule has 1 aliphatic rings.